The number of nitrogens with zero attached hydrogens (tertiary/aromatic N) is 2. The molecular weight excluding hydrogens is 286 g/mol. The van der Waals surface area contributed by atoms with E-state index in [4.69, 9.17) is 34.3 Å². The van der Waals surface area contributed by atoms with Crippen molar-refractivity contribution in [3.8, 4) is 0 Å². The van der Waals surface area contributed by atoms with Crippen molar-refractivity contribution in [3.63, 3.8) is 0 Å². The first kappa shape index (κ1) is 15.8. The number of aromatic nitrogens is 1. The molecule has 0 saturated heterocycles. The lowest BCUT2D eigenvalue weighted by molar-refractivity contribution is 0.0695. The lowest BCUT2D eigenvalue weighted by Crippen LogP contribution is -2.36. The molecule has 104 valence electrons. The van der Waals surface area contributed by atoms with Crippen molar-refractivity contribution in [2.45, 2.75) is 6.42 Å². The summed E-state index contributed by atoms with van der Waals surface area (Å²) in [4.78, 5) is 18.2. The van der Waals surface area contributed by atoms with E-state index in [0.29, 0.717) is 41.8 Å². The van der Waals surface area contributed by atoms with Gasteiger partial charge < -0.3 is 15.4 Å². The quantitative estimate of drug-likeness (QED) is 0.773. The number of halogens is 1. The van der Waals surface area contributed by atoms with Crippen molar-refractivity contribution >= 4 is 34.7 Å². The van der Waals surface area contributed by atoms with Gasteiger partial charge in [0.2, 0.25) is 0 Å². The highest BCUT2D eigenvalue weighted by Crippen LogP contribution is 2.08. The number of hydrogen-bond donors (Lipinski definition) is 1. The zero-order valence-corrected chi connectivity index (χ0v) is 12.2. The number of thiocarbonyl (C=S) groups is 1. The molecule has 0 aromatic carbocycles. The van der Waals surface area contributed by atoms with E-state index in [0.717, 1.165) is 0 Å². The van der Waals surface area contributed by atoms with Gasteiger partial charge in [-0.3, -0.25) is 4.79 Å². The highest BCUT2D eigenvalue weighted by Gasteiger charge is 2.16. The van der Waals surface area contributed by atoms with Crippen LogP contribution in [0.4, 0.5) is 0 Å². The molecule has 0 radical (unpaired) electrons. The SMILES string of the molecule is COCCN(CCC(N)=S)C(=O)c1ccc(Cl)cn1. The van der Waals surface area contributed by atoms with E-state index in [9.17, 15) is 4.79 Å². The molecule has 1 amide bonds. The topological polar surface area (TPSA) is 68.5 Å². The van der Waals surface area contributed by atoms with Crippen LogP contribution in [-0.4, -0.2) is 47.6 Å². The highest BCUT2D eigenvalue weighted by molar-refractivity contribution is 7.80. The Kier molecular flexibility index (Phi) is 6.69. The molecule has 0 fully saturated rings. The van der Waals surface area contributed by atoms with Crippen LogP contribution in [0.15, 0.2) is 18.3 Å². The second-order valence-corrected chi connectivity index (χ2v) is 4.82. The summed E-state index contributed by atoms with van der Waals surface area (Å²) >= 11 is 10.6. The maximum Gasteiger partial charge on any atom is 0.272 e. The highest BCUT2D eigenvalue weighted by atomic mass is 35.5. The Balaban J connectivity index is 2.74. The second-order valence-electron chi connectivity index (χ2n) is 3.86. The van der Waals surface area contributed by atoms with Crippen molar-refractivity contribution in [3.05, 3.63) is 29.0 Å². The van der Waals surface area contributed by atoms with E-state index >= 15 is 0 Å². The standard InChI is InChI=1S/C12H16ClN3O2S/c1-18-7-6-16(5-4-11(14)19)12(17)10-3-2-9(13)8-15-10/h2-3,8H,4-7H2,1H3,(H2,14,19). The number of hydrogen-bond acceptors (Lipinski definition) is 4. The van der Waals surface area contributed by atoms with Crippen LogP contribution in [0.2, 0.25) is 5.02 Å². The van der Waals surface area contributed by atoms with Gasteiger partial charge in [0.15, 0.2) is 0 Å². The molecule has 0 saturated carbocycles. The van der Waals surface area contributed by atoms with Crippen LogP contribution in [-0.2, 0) is 4.74 Å². The molecular formula is C12H16ClN3O2S. The molecule has 7 heteroatoms. The van der Waals surface area contributed by atoms with Gasteiger partial charge in [-0.2, -0.15) is 0 Å². The monoisotopic (exact) mass is 301 g/mol. The molecule has 0 atom stereocenters. The molecule has 1 rings (SSSR count). The number of carbonyl (C=O) groups excluding carboxylic acids is 1. The molecule has 0 aliphatic heterocycles. The van der Waals surface area contributed by atoms with Gasteiger partial charge in [0.25, 0.3) is 5.91 Å². The average Bonchev–Trinajstić information content (AvgIpc) is 2.39. The summed E-state index contributed by atoms with van der Waals surface area (Å²) in [6.45, 7) is 1.35. The molecule has 1 aromatic rings. The summed E-state index contributed by atoms with van der Waals surface area (Å²) in [6, 6.07) is 3.22. The fraction of sp³-hybridized carbons (Fsp3) is 0.417. The third-order valence-corrected chi connectivity index (χ3v) is 2.85. The Morgan fingerprint density at radius 3 is 2.79 bits per heavy atom. The first-order chi connectivity index (χ1) is 9.04. The fourth-order valence-corrected chi connectivity index (χ4v) is 1.63. The largest absolute Gasteiger partial charge is 0.393 e. The van der Waals surface area contributed by atoms with Crippen LogP contribution in [0.5, 0.6) is 0 Å². The normalized spacial score (nSPS) is 10.2. The van der Waals surface area contributed by atoms with Crippen molar-refractivity contribution in [2.24, 2.45) is 5.73 Å². The first-order valence-corrected chi connectivity index (χ1v) is 6.51. The number of rotatable bonds is 7. The van der Waals surface area contributed by atoms with E-state index in [2.05, 4.69) is 4.98 Å². The van der Waals surface area contributed by atoms with Gasteiger partial charge in [0, 0.05) is 32.8 Å². The summed E-state index contributed by atoms with van der Waals surface area (Å²) in [7, 11) is 1.58. The van der Waals surface area contributed by atoms with Crippen molar-refractivity contribution in [2.75, 3.05) is 26.8 Å². The predicted molar refractivity (Wildman–Crippen MR) is 78.4 cm³/mol. The number of methoxy groups -OCH3 is 1. The van der Waals surface area contributed by atoms with Gasteiger partial charge in [-0.15, -0.1) is 0 Å². The summed E-state index contributed by atoms with van der Waals surface area (Å²) in [6.07, 6.45) is 1.91. The van der Waals surface area contributed by atoms with E-state index in [1.165, 1.54) is 6.20 Å². The average molecular weight is 302 g/mol. The summed E-state index contributed by atoms with van der Waals surface area (Å²) in [5.41, 5.74) is 5.79. The van der Waals surface area contributed by atoms with E-state index in [-0.39, 0.29) is 5.91 Å². The van der Waals surface area contributed by atoms with Gasteiger partial charge in [-0.25, -0.2) is 4.98 Å². The maximum atomic E-state index is 12.3. The first-order valence-electron chi connectivity index (χ1n) is 5.72. The summed E-state index contributed by atoms with van der Waals surface area (Å²) in [5.74, 6) is -0.190. The maximum absolute atomic E-state index is 12.3. The molecule has 0 aliphatic rings. The zero-order chi connectivity index (χ0) is 14.3. The van der Waals surface area contributed by atoms with Crippen LogP contribution < -0.4 is 5.73 Å². The Labute approximate surface area is 122 Å². The van der Waals surface area contributed by atoms with Crippen LogP contribution in [0.3, 0.4) is 0 Å². The number of nitrogens with two attached hydrogens (primary N) is 1. The molecule has 2 N–H and O–H groups in total. The summed E-state index contributed by atoms with van der Waals surface area (Å²) in [5, 5.41) is 0.489. The minimum Gasteiger partial charge on any atom is -0.393 e. The molecule has 0 spiro atoms. The number of ether oxygens (including phenoxy) is 1. The van der Waals surface area contributed by atoms with Crippen LogP contribution in [0.25, 0.3) is 0 Å². The Morgan fingerprint density at radius 2 is 2.26 bits per heavy atom. The van der Waals surface area contributed by atoms with Crippen LogP contribution >= 0.6 is 23.8 Å². The van der Waals surface area contributed by atoms with Crippen molar-refractivity contribution in [1.82, 2.24) is 9.88 Å². The van der Waals surface area contributed by atoms with E-state index < -0.39 is 0 Å². The Hall–Kier alpha value is -1.24. The second kappa shape index (κ2) is 8.04. The molecule has 0 unspecified atom stereocenters. The van der Waals surface area contributed by atoms with Gasteiger partial charge in [-0.05, 0) is 12.1 Å². The molecule has 19 heavy (non-hydrogen) atoms. The van der Waals surface area contributed by atoms with E-state index in [1.54, 1.807) is 24.1 Å². The van der Waals surface area contributed by atoms with Crippen LogP contribution in [0.1, 0.15) is 16.9 Å². The molecule has 1 heterocycles. The minimum atomic E-state index is -0.190. The minimum absolute atomic E-state index is 0.190. The third kappa shape index (κ3) is 5.50. The number of amides is 1. The smallest absolute Gasteiger partial charge is 0.272 e. The van der Waals surface area contributed by atoms with Gasteiger partial charge in [-0.1, -0.05) is 23.8 Å². The lowest BCUT2D eigenvalue weighted by Gasteiger charge is -2.21. The Bertz CT molecular complexity index is 439. The van der Waals surface area contributed by atoms with Crippen LogP contribution in [0, 0.1) is 0 Å². The molecule has 5 nitrogen and oxygen atoms in total. The molecule has 0 bridgehead atoms. The third-order valence-electron chi connectivity index (χ3n) is 2.43. The number of carbonyl (C=O) groups is 1. The van der Waals surface area contributed by atoms with Crippen molar-refractivity contribution in [1.29, 1.82) is 0 Å². The van der Waals surface area contributed by atoms with Gasteiger partial charge in [0.1, 0.15) is 5.69 Å². The van der Waals surface area contributed by atoms with E-state index in [1.807, 2.05) is 0 Å². The van der Waals surface area contributed by atoms with Gasteiger partial charge >= 0.3 is 0 Å². The lowest BCUT2D eigenvalue weighted by atomic mass is 10.3. The van der Waals surface area contributed by atoms with Gasteiger partial charge in [0.05, 0.1) is 16.6 Å². The number of pyridine rings is 1. The molecule has 0 aliphatic carbocycles. The Morgan fingerprint density at radius 1 is 1.53 bits per heavy atom. The molecule has 1 aromatic heterocycles. The summed E-state index contributed by atoms with van der Waals surface area (Å²) < 4.78 is 4.98. The zero-order valence-electron chi connectivity index (χ0n) is 10.6. The predicted octanol–water partition coefficient (Wildman–Crippen LogP) is 1.50. The van der Waals surface area contributed by atoms with Crippen molar-refractivity contribution < 1.29 is 9.53 Å². The fourth-order valence-electron chi connectivity index (χ4n) is 1.43.